The summed E-state index contributed by atoms with van der Waals surface area (Å²) >= 11 is 0. The van der Waals surface area contributed by atoms with Gasteiger partial charge in [-0.15, -0.1) is 10.2 Å². The molecule has 2 rings (SSSR count). The lowest BCUT2D eigenvalue weighted by Crippen LogP contribution is -1.92. The van der Waals surface area contributed by atoms with Gasteiger partial charge in [-0.1, -0.05) is 19.8 Å². The number of hydrogen-bond donors (Lipinski definition) is 1. The van der Waals surface area contributed by atoms with Crippen LogP contribution in [0.25, 0.3) is 10.9 Å². The van der Waals surface area contributed by atoms with Crippen LogP contribution < -0.4 is 4.74 Å². The highest BCUT2D eigenvalue weighted by Gasteiger charge is 2.16. The van der Waals surface area contributed by atoms with Crippen LogP contribution in [0.3, 0.4) is 0 Å². The van der Waals surface area contributed by atoms with E-state index in [0.29, 0.717) is 29.8 Å². The number of unbranched alkanes of at least 4 members (excludes halogenated alkanes) is 2. The van der Waals surface area contributed by atoms with E-state index in [0.717, 1.165) is 24.8 Å². The predicted octanol–water partition coefficient (Wildman–Crippen LogP) is 4.57. The number of carbonyl (C=O) groups is 1. The summed E-state index contributed by atoms with van der Waals surface area (Å²) in [6.07, 6.45) is 3.24. The second kappa shape index (κ2) is 7.76. The van der Waals surface area contributed by atoms with Crippen molar-refractivity contribution in [1.82, 2.24) is 4.57 Å². The van der Waals surface area contributed by atoms with Crippen LogP contribution in [0.2, 0.25) is 0 Å². The van der Waals surface area contributed by atoms with Gasteiger partial charge in [-0.2, -0.15) is 0 Å². The lowest BCUT2D eigenvalue weighted by Gasteiger charge is -2.02. The Morgan fingerprint density at radius 2 is 2.09 bits per heavy atom. The molecule has 0 saturated carbocycles. The van der Waals surface area contributed by atoms with Gasteiger partial charge in [0.2, 0.25) is 5.88 Å². The van der Waals surface area contributed by atoms with E-state index < -0.39 is 0 Å². The Morgan fingerprint density at radius 3 is 2.74 bits per heavy atom. The molecular weight excluding hydrogens is 294 g/mol. The zero-order valence-electron chi connectivity index (χ0n) is 13.9. The fourth-order valence-corrected chi connectivity index (χ4v) is 2.53. The van der Waals surface area contributed by atoms with Gasteiger partial charge < -0.3 is 14.4 Å². The minimum atomic E-state index is -0.266. The average molecular weight is 317 g/mol. The van der Waals surface area contributed by atoms with Crippen LogP contribution in [0.5, 0.6) is 11.6 Å². The SMILES string of the molecule is CCCCCC(=O)N=Nc1c(O)n(CC)c2ccc(OC)cc12. The average Bonchev–Trinajstić information content (AvgIpc) is 2.83. The molecule has 0 bridgehead atoms. The van der Waals surface area contributed by atoms with Gasteiger partial charge in [-0.25, -0.2) is 0 Å². The molecule has 6 nitrogen and oxygen atoms in total. The number of azo groups is 1. The van der Waals surface area contributed by atoms with Gasteiger partial charge in [-0.05, 0) is 31.5 Å². The van der Waals surface area contributed by atoms with Gasteiger partial charge >= 0.3 is 0 Å². The Balaban J connectivity index is 2.35. The number of aromatic hydroxyl groups is 1. The normalized spacial score (nSPS) is 11.4. The molecule has 0 radical (unpaired) electrons. The van der Waals surface area contributed by atoms with Gasteiger partial charge in [0.05, 0.1) is 12.6 Å². The number of benzene rings is 1. The molecule has 1 aromatic carbocycles. The number of hydrogen-bond acceptors (Lipinski definition) is 4. The number of aryl methyl sites for hydroxylation is 1. The van der Waals surface area contributed by atoms with Crippen molar-refractivity contribution in [3.63, 3.8) is 0 Å². The molecule has 1 N–H and O–H groups in total. The molecule has 1 aromatic heterocycles. The zero-order valence-corrected chi connectivity index (χ0v) is 13.9. The Hall–Kier alpha value is -2.37. The molecule has 2 aromatic rings. The third-order valence-electron chi connectivity index (χ3n) is 3.79. The van der Waals surface area contributed by atoms with E-state index in [1.54, 1.807) is 17.7 Å². The third-order valence-corrected chi connectivity index (χ3v) is 3.79. The van der Waals surface area contributed by atoms with Gasteiger partial charge in [0.1, 0.15) is 5.75 Å². The summed E-state index contributed by atoms with van der Waals surface area (Å²) in [4.78, 5) is 11.8. The lowest BCUT2D eigenvalue weighted by atomic mass is 10.2. The Bertz CT molecular complexity index is 719. The van der Waals surface area contributed by atoms with Crippen LogP contribution >= 0.6 is 0 Å². The minimum Gasteiger partial charge on any atom is -0.497 e. The Morgan fingerprint density at radius 1 is 1.30 bits per heavy atom. The van der Waals surface area contributed by atoms with E-state index in [4.69, 9.17) is 4.74 Å². The maximum Gasteiger partial charge on any atom is 0.264 e. The standard InChI is InChI=1S/C17H23N3O3/c1-4-6-7-8-15(21)18-19-16-13-11-12(23-3)9-10-14(13)20(5-2)17(16)22/h9-11,22H,4-8H2,1-3H3. The van der Waals surface area contributed by atoms with Crippen LogP contribution in [0.4, 0.5) is 5.69 Å². The molecule has 0 saturated heterocycles. The number of fused-ring (bicyclic) bond motifs is 1. The maximum atomic E-state index is 11.8. The first kappa shape index (κ1) is 17.0. The largest absolute Gasteiger partial charge is 0.497 e. The smallest absolute Gasteiger partial charge is 0.264 e. The van der Waals surface area contributed by atoms with Crippen LogP contribution in [0.1, 0.15) is 39.5 Å². The number of rotatable bonds is 7. The van der Waals surface area contributed by atoms with Gasteiger partial charge in [0.15, 0.2) is 5.69 Å². The van der Waals surface area contributed by atoms with Crippen molar-refractivity contribution in [2.24, 2.45) is 10.2 Å². The fourth-order valence-electron chi connectivity index (χ4n) is 2.53. The first-order valence-electron chi connectivity index (χ1n) is 7.96. The summed E-state index contributed by atoms with van der Waals surface area (Å²) in [5.74, 6) is 0.412. The second-order valence-corrected chi connectivity index (χ2v) is 5.35. The quantitative estimate of drug-likeness (QED) is 0.600. The summed E-state index contributed by atoms with van der Waals surface area (Å²) in [5, 5.41) is 18.8. The van der Waals surface area contributed by atoms with Crippen LogP contribution in [0, 0.1) is 0 Å². The topological polar surface area (TPSA) is 76.2 Å². The first-order chi connectivity index (χ1) is 11.1. The first-order valence-corrected chi connectivity index (χ1v) is 7.96. The monoisotopic (exact) mass is 317 g/mol. The van der Waals surface area contributed by atoms with E-state index in [1.165, 1.54) is 0 Å². The van der Waals surface area contributed by atoms with Crippen molar-refractivity contribution in [2.75, 3.05) is 7.11 Å². The highest BCUT2D eigenvalue weighted by atomic mass is 16.5. The molecular formula is C17H23N3O3. The van der Waals surface area contributed by atoms with E-state index in [2.05, 4.69) is 17.2 Å². The molecule has 1 heterocycles. The summed E-state index contributed by atoms with van der Waals surface area (Å²) in [5.41, 5.74) is 1.14. The van der Waals surface area contributed by atoms with Crippen LogP contribution in [0.15, 0.2) is 28.4 Å². The molecule has 0 aliphatic rings. The molecule has 1 amide bonds. The van der Waals surface area contributed by atoms with Crippen LogP contribution in [-0.4, -0.2) is 22.7 Å². The zero-order chi connectivity index (χ0) is 16.8. The number of amides is 1. The number of ether oxygens (including phenoxy) is 1. The molecule has 0 aliphatic heterocycles. The summed E-state index contributed by atoms with van der Waals surface area (Å²) < 4.78 is 6.95. The van der Waals surface area contributed by atoms with Crippen molar-refractivity contribution < 1.29 is 14.6 Å². The van der Waals surface area contributed by atoms with E-state index in [1.807, 2.05) is 19.1 Å². The molecule has 0 spiro atoms. The summed E-state index contributed by atoms with van der Waals surface area (Å²) in [6, 6.07) is 5.47. The van der Waals surface area contributed by atoms with Crippen molar-refractivity contribution >= 4 is 22.5 Å². The van der Waals surface area contributed by atoms with Crippen LogP contribution in [-0.2, 0) is 11.3 Å². The van der Waals surface area contributed by atoms with Gasteiger partial charge in [0, 0.05) is 18.4 Å². The molecule has 0 aliphatic carbocycles. The molecule has 0 unspecified atom stereocenters. The Labute approximate surface area is 135 Å². The minimum absolute atomic E-state index is 0.0147. The molecule has 0 fully saturated rings. The maximum absolute atomic E-state index is 11.8. The molecule has 0 atom stereocenters. The van der Waals surface area contributed by atoms with E-state index >= 15 is 0 Å². The number of aromatic nitrogens is 1. The lowest BCUT2D eigenvalue weighted by molar-refractivity contribution is -0.118. The van der Waals surface area contributed by atoms with Crippen molar-refractivity contribution in [1.29, 1.82) is 0 Å². The fraction of sp³-hybridized carbons (Fsp3) is 0.471. The molecule has 124 valence electrons. The van der Waals surface area contributed by atoms with Gasteiger partial charge in [0.25, 0.3) is 5.91 Å². The second-order valence-electron chi connectivity index (χ2n) is 5.35. The predicted molar refractivity (Wildman–Crippen MR) is 89.5 cm³/mol. The summed E-state index contributed by atoms with van der Waals surface area (Å²) in [7, 11) is 1.58. The number of carbonyl (C=O) groups excluding carboxylic acids is 1. The Kier molecular flexibility index (Phi) is 5.73. The molecule has 23 heavy (non-hydrogen) atoms. The van der Waals surface area contributed by atoms with Gasteiger partial charge in [-0.3, -0.25) is 4.79 Å². The molecule has 6 heteroatoms. The highest BCUT2D eigenvalue weighted by molar-refractivity contribution is 5.96. The number of nitrogens with zero attached hydrogens (tertiary/aromatic N) is 3. The van der Waals surface area contributed by atoms with E-state index in [-0.39, 0.29) is 11.8 Å². The van der Waals surface area contributed by atoms with Crippen molar-refractivity contribution in [2.45, 2.75) is 46.1 Å². The van der Waals surface area contributed by atoms with Crippen molar-refractivity contribution in [3.05, 3.63) is 18.2 Å². The highest BCUT2D eigenvalue weighted by Crippen LogP contribution is 2.40. The van der Waals surface area contributed by atoms with E-state index in [9.17, 15) is 9.90 Å². The third kappa shape index (κ3) is 3.70. The van der Waals surface area contributed by atoms with Crippen molar-refractivity contribution in [3.8, 4) is 11.6 Å². The summed E-state index contributed by atoms with van der Waals surface area (Å²) in [6.45, 7) is 4.60. The number of methoxy groups -OCH3 is 1.